The van der Waals surface area contributed by atoms with Gasteiger partial charge < -0.3 is 5.43 Å². The molecule has 1 aliphatic rings. The van der Waals surface area contributed by atoms with Gasteiger partial charge in [0.05, 0.1) is 12.7 Å². The van der Waals surface area contributed by atoms with Crippen molar-refractivity contribution < 1.29 is 0 Å². The third-order valence-corrected chi connectivity index (χ3v) is 1.38. The highest BCUT2D eigenvalue weighted by atomic mass is 35.5. The van der Waals surface area contributed by atoms with Crippen LogP contribution < -0.4 is 10.9 Å². The molecule has 2 rings (SSSR count). The van der Waals surface area contributed by atoms with Crippen LogP contribution in [0.2, 0.25) is 0 Å². The Morgan fingerprint density at radius 1 is 1.60 bits per heavy atom. The highest BCUT2D eigenvalue weighted by Crippen LogP contribution is 2.05. The van der Waals surface area contributed by atoms with Gasteiger partial charge in [-0.25, -0.2) is 10.1 Å². The van der Waals surface area contributed by atoms with Crippen LogP contribution >= 0.6 is 12.4 Å². The zero-order valence-electron chi connectivity index (χ0n) is 5.37. The van der Waals surface area contributed by atoms with Crippen molar-refractivity contribution in [3.8, 4) is 0 Å². The second-order valence-electron chi connectivity index (χ2n) is 1.99. The molecule has 56 valence electrons. The average Bonchev–Trinajstić information content (AvgIpc) is 2.33. The van der Waals surface area contributed by atoms with E-state index >= 15 is 0 Å². The Morgan fingerprint density at radius 2 is 2.50 bits per heavy atom. The summed E-state index contributed by atoms with van der Waals surface area (Å²) in [6.07, 6.45) is 1.79. The van der Waals surface area contributed by atoms with Crippen molar-refractivity contribution in [2.45, 2.75) is 6.54 Å². The smallest absolute Gasteiger partial charge is 0.138 e. The predicted molar refractivity (Wildman–Crippen MR) is 41.1 cm³/mol. The van der Waals surface area contributed by atoms with Gasteiger partial charge in [0.2, 0.25) is 0 Å². The maximum Gasteiger partial charge on any atom is 0.138 e. The third kappa shape index (κ3) is 1.08. The van der Waals surface area contributed by atoms with Crippen LogP contribution in [0.3, 0.4) is 0 Å². The number of halogens is 1. The van der Waals surface area contributed by atoms with Gasteiger partial charge in [0.15, 0.2) is 0 Å². The van der Waals surface area contributed by atoms with Gasteiger partial charge in [0.25, 0.3) is 0 Å². The fourth-order valence-corrected chi connectivity index (χ4v) is 0.932. The van der Waals surface area contributed by atoms with E-state index in [1.165, 1.54) is 0 Å². The number of hydrogen-bond donors (Lipinski definition) is 2. The lowest BCUT2D eigenvalue weighted by molar-refractivity contribution is 0.546. The van der Waals surface area contributed by atoms with Gasteiger partial charge in [-0.05, 0) is 0 Å². The first kappa shape index (κ1) is 7.37. The molecule has 0 bridgehead atoms. The topological polar surface area (TPSA) is 41.9 Å². The van der Waals surface area contributed by atoms with Crippen molar-refractivity contribution in [1.29, 1.82) is 0 Å². The summed E-state index contributed by atoms with van der Waals surface area (Å²) < 4.78 is 1.93. The minimum Gasteiger partial charge on any atom is -0.306 e. The molecule has 5 heteroatoms. The van der Waals surface area contributed by atoms with E-state index in [0.717, 1.165) is 18.9 Å². The van der Waals surface area contributed by atoms with Crippen LogP contribution in [0.4, 0.5) is 5.82 Å². The molecule has 10 heavy (non-hydrogen) atoms. The molecule has 2 heterocycles. The molecule has 4 nitrogen and oxygen atoms in total. The summed E-state index contributed by atoms with van der Waals surface area (Å²) in [5.74, 6) is 1.04. The summed E-state index contributed by atoms with van der Waals surface area (Å²) in [6.45, 7) is 1.89. The number of aromatic nitrogens is 2. The van der Waals surface area contributed by atoms with Gasteiger partial charge in [-0.1, -0.05) is 0 Å². The van der Waals surface area contributed by atoms with E-state index in [-0.39, 0.29) is 12.4 Å². The van der Waals surface area contributed by atoms with E-state index in [9.17, 15) is 0 Å². The molecule has 0 atom stereocenters. The molecule has 0 spiro atoms. The largest absolute Gasteiger partial charge is 0.306 e. The number of anilines is 1. The molecule has 0 radical (unpaired) electrons. The fraction of sp³-hybridized carbons (Fsp3) is 0.400. The highest BCUT2D eigenvalue weighted by Gasteiger charge is 2.04. The maximum absolute atomic E-state index is 4.07. The predicted octanol–water partition coefficient (Wildman–Crippen LogP) is 0.235. The molecule has 0 amide bonds. The molecule has 1 aromatic rings. The Labute approximate surface area is 65.0 Å². The minimum absolute atomic E-state index is 0. The Morgan fingerprint density at radius 3 is 3.30 bits per heavy atom. The Bertz CT molecular complexity index is 189. The molecule has 0 aliphatic carbocycles. The number of rotatable bonds is 0. The molecular formula is C5H9ClN4. The molecule has 1 aromatic heterocycles. The second-order valence-corrected chi connectivity index (χ2v) is 1.99. The van der Waals surface area contributed by atoms with Gasteiger partial charge >= 0.3 is 0 Å². The van der Waals surface area contributed by atoms with Gasteiger partial charge in [-0.15, -0.1) is 12.4 Å². The number of hydrogen-bond acceptors (Lipinski definition) is 3. The van der Waals surface area contributed by atoms with Crippen LogP contribution in [0.15, 0.2) is 12.3 Å². The van der Waals surface area contributed by atoms with E-state index in [2.05, 4.69) is 16.0 Å². The summed E-state index contributed by atoms with van der Waals surface area (Å²) >= 11 is 0. The van der Waals surface area contributed by atoms with Crippen molar-refractivity contribution in [2.24, 2.45) is 0 Å². The summed E-state index contributed by atoms with van der Waals surface area (Å²) in [4.78, 5) is 0. The lowest BCUT2D eigenvalue weighted by Gasteiger charge is -2.15. The van der Waals surface area contributed by atoms with Crippen molar-refractivity contribution in [1.82, 2.24) is 15.2 Å². The summed E-state index contributed by atoms with van der Waals surface area (Å²) in [6, 6.07) is 1.94. The lowest BCUT2D eigenvalue weighted by atomic mass is 10.5. The first-order valence-electron chi connectivity index (χ1n) is 2.97. The van der Waals surface area contributed by atoms with Crippen molar-refractivity contribution in [3.05, 3.63) is 12.3 Å². The maximum atomic E-state index is 4.07. The first-order chi connectivity index (χ1) is 4.47. The van der Waals surface area contributed by atoms with Gasteiger partial charge in [0.1, 0.15) is 5.82 Å². The number of nitrogens with zero attached hydrogens (tertiary/aromatic N) is 2. The average molecular weight is 161 g/mol. The third-order valence-electron chi connectivity index (χ3n) is 1.38. The Balaban J connectivity index is 0.000000500. The molecule has 0 saturated carbocycles. The Hall–Kier alpha value is -0.740. The van der Waals surface area contributed by atoms with Crippen LogP contribution in [-0.2, 0) is 6.54 Å². The van der Waals surface area contributed by atoms with E-state index in [1.54, 1.807) is 6.20 Å². The molecule has 0 fully saturated rings. The molecule has 1 aliphatic heterocycles. The zero-order chi connectivity index (χ0) is 6.10. The molecular weight excluding hydrogens is 152 g/mol. The summed E-state index contributed by atoms with van der Waals surface area (Å²) in [7, 11) is 0. The molecule has 0 unspecified atom stereocenters. The van der Waals surface area contributed by atoms with Gasteiger partial charge in [-0.3, -0.25) is 0 Å². The first-order valence-corrected chi connectivity index (χ1v) is 2.97. The lowest BCUT2D eigenvalue weighted by Crippen LogP contribution is -2.33. The fourth-order valence-electron chi connectivity index (χ4n) is 0.932. The normalized spacial score (nSPS) is 14.8. The van der Waals surface area contributed by atoms with Crippen LogP contribution in [0.5, 0.6) is 0 Å². The van der Waals surface area contributed by atoms with E-state index in [1.807, 2.05) is 10.7 Å². The molecule has 2 N–H and O–H groups in total. The van der Waals surface area contributed by atoms with Crippen molar-refractivity contribution in [2.75, 3.05) is 12.0 Å². The minimum atomic E-state index is 0. The molecule has 0 saturated heterocycles. The second kappa shape index (κ2) is 2.90. The van der Waals surface area contributed by atoms with Crippen LogP contribution in [0.25, 0.3) is 0 Å². The van der Waals surface area contributed by atoms with Crippen LogP contribution in [0.1, 0.15) is 0 Å². The van der Waals surface area contributed by atoms with E-state index < -0.39 is 0 Å². The van der Waals surface area contributed by atoms with Crippen LogP contribution in [-0.4, -0.2) is 16.3 Å². The molecule has 0 aromatic carbocycles. The highest BCUT2D eigenvalue weighted by molar-refractivity contribution is 5.85. The number of nitrogens with one attached hydrogen (secondary N) is 2. The monoisotopic (exact) mass is 160 g/mol. The number of fused-ring (bicyclic) bond motifs is 1. The van der Waals surface area contributed by atoms with Gasteiger partial charge in [-0.2, -0.15) is 5.10 Å². The van der Waals surface area contributed by atoms with Crippen molar-refractivity contribution >= 4 is 18.2 Å². The zero-order valence-corrected chi connectivity index (χ0v) is 6.19. The van der Waals surface area contributed by atoms with E-state index in [0.29, 0.717) is 0 Å². The van der Waals surface area contributed by atoms with Gasteiger partial charge in [0, 0.05) is 12.6 Å². The van der Waals surface area contributed by atoms with Crippen LogP contribution in [0, 0.1) is 0 Å². The standard InChI is InChI=1S/C5H8N4.ClH/c1-2-7-9-4-3-6-8-5(1)9;/h1-2,6,8H,3-4H2;1H. The quantitative estimate of drug-likeness (QED) is 0.571. The summed E-state index contributed by atoms with van der Waals surface area (Å²) in [5, 5.41) is 4.07. The number of hydrazine groups is 1. The van der Waals surface area contributed by atoms with Crippen molar-refractivity contribution in [3.63, 3.8) is 0 Å². The summed E-state index contributed by atoms with van der Waals surface area (Å²) in [5.41, 5.74) is 6.01. The Kier molecular flexibility index (Phi) is 2.13. The van der Waals surface area contributed by atoms with E-state index in [4.69, 9.17) is 0 Å². The SMILES string of the molecule is Cl.c1cc2n(n1)CCNN2.